The first kappa shape index (κ1) is 18.0. The molecule has 2 N–H and O–H groups in total. The Kier molecular flexibility index (Phi) is 4.99. The smallest absolute Gasteiger partial charge is 0.406 e. The van der Waals surface area contributed by atoms with Crippen LogP contribution in [0.5, 0.6) is 5.75 Å². The van der Waals surface area contributed by atoms with Crippen molar-refractivity contribution in [3.05, 3.63) is 53.2 Å². The number of hydrogen-bond acceptors (Lipinski definition) is 4. The highest BCUT2D eigenvalue weighted by Crippen LogP contribution is 2.34. The number of rotatable bonds is 4. The highest BCUT2D eigenvalue weighted by molar-refractivity contribution is 7.19. The van der Waals surface area contributed by atoms with Crippen LogP contribution in [0.4, 0.5) is 23.7 Å². The first-order chi connectivity index (χ1) is 12.3. The number of fused-ring (bicyclic) bond motifs is 1. The standard InChI is InChI=1S/C17H14F3N3O2S/c1-10-15(13-6-7-21-9-14(13)26-10)23-16(24)22-8-11-2-4-12(5-3-11)25-17(18,19)20/h2-7,9H,8H2,1H3,(H2,22,23,24). The highest BCUT2D eigenvalue weighted by Gasteiger charge is 2.30. The number of pyridine rings is 1. The van der Waals surface area contributed by atoms with Gasteiger partial charge < -0.3 is 15.4 Å². The number of nitrogens with zero attached hydrogens (tertiary/aromatic N) is 1. The van der Waals surface area contributed by atoms with Crippen LogP contribution >= 0.6 is 11.3 Å². The molecule has 3 rings (SSSR count). The predicted octanol–water partition coefficient (Wildman–Crippen LogP) is 4.83. The highest BCUT2D eigenvalue weighted by atomic mass is 32.1. The van der Waals surface area contributed by atoms with E-state index in [1.165, 1.54) is 35.6 Å². The number of aryl methyl sites for hydroxylation is 1. The molecule has 2 aromatic heterocycles. The normalized spacial score (nSPS) is 11.4. The van der Waals surface area contributed by atoms with Gasteiger partial charge in [-0.15, -0.1) is 24.5 Å². The Morgan fingerprint density at radius 3 is 2.65 bits per heavy atom. The van der Waals surface area contributed by atoms with Crippen molar-refractivity contribution < 1.29 is 22.7 Å². The molecule has 3 aromatic rings. The van der Waals surface area contributed by atoms with Crippen molar-refractivity contribution in [2.45, 2.75) is 19.8 Å². The van der Waals surface area contributed by atoms with Gasteiger partial charge in [-0.1, -0.05) is 12.1 Å². The average molecular weight is 381 g/mol. The maximum absolute atomic E-state index is 12.1. The van der Waals surface area contributed by atoms with Gasteiger partial charge >= 0.3 is 12.4 Å². The third-order valence-electron chi connectivity index (χ3n) is 3.52. The first-order valence-corrected chi connectivity index (χ1v) is 8.36. The number of alkyl halides is 3. The van der Waals surface area contributed by atoms with Gasteiger partial charge in [0.15, 0.2) is 0 Å². The van der Waals surface area contributed by atoms with E-state index in [0.29, 0.717) is 5.56 Å². The number of carbonyl (C=O) groups excluding carboxylic acids is 1. The summed E-state index contributed by atoms with van der Waals surface area (Å²) in [5.74, 6) is -0.306. The van der Waals surface area contributed by atoms with Crippen molar-refractivity contribution in [3.63, 3.8) is 0 Å². The largest absolute Gasteiger partial charge is 0.573 e. The zero-order valence-electron chi connectivity index (χ0n) is 13.6. The molecular weight excluding hydrogens is 367 g/mol. The Bertz CT molecular complexity index is 923. The van der Waals surface area contributed by atoms with Gasteiger partial charge in [0.1, 0.15) is 5.75 Å². The summed E-state index contributed by atoms with van der Waals surface area (Å²) < 4.78 is 41.2. The second-order valence-corrected chi connectivity index (χ2v) is 6.66. The van der Waals surface area contributed by atoms with Crippen LogP contribution in [0.15, 0.2) is 42.7 Å². The molecule has 0 unspecified atom stereocenters. The summed E-state index contributed by atoms with van der Waals surface area (Å²) in [4.78, 5) is 17.1. The van der Waals surface area contributed by atoms with Crippen molar-refractivity contribution in [3.8, 4) is 5.75 Å². The second-order valence-electron chi connectivity index (χ2n) is 5.40. The van der Waals surface area contributed by atoms with E-state index in [-0.39, 0.29) is 12.3 Å². The molecule has 2 heterocycles. The molecule has 0 spiro atoms. The summed E-state index contributed by atoms with van der Waals surface area (Å²) in [5, 5.41) is 6.39. The first-order valence-electron chi connectivity index (χ1n) is 7.54. The minimum absolute atomic E-state index is 0.167. The lowest BCUT2D eigenvalue weighted by Gasteiger charge is -2.10. The molecule has 0 saturated heterocycles. The number of nitrogens with one attached hydrogen (secondary N) is 2. The van der Waals surface area contributed by atoms with Crippen LogP contribution < -0.4 is 15.4 Å². The molecule has 9 heteroatoms. The van der Waals surface area contributed by atoms with Gasteiger partial charge in [0.05, 0.1) is 10.4 Å². The summed E-state index contributed by atoms with van der Waals surface area (Å²) in [5.41, 5.74) is 1.37. The van der Waals surface area contributed by atoms with Crippen molar-refractivity contribution in [1.29, 1.82) is 0 Å². The molecule has 0 saturated carbocycles. The summed E-state index contributed by atoms with van der Waals surface area (Å²) in [6, 6.07) is 6.74. The molecule has 0 fully saturated rings. The third kappa shape index (κ3) is 4.42. The van der Waals surface area contributed by atoms with Crippen LogP contribution in [0.25, 0.3) is 10.1 Å². The topological polar surface area (TPSA) is 63.2 Å². The predicted molar refractivity (Wildman–Crippen MR) is 93.3 cm³/mol. The van der Waals surface area contributed by atoms with Gasteiger partial charge in [0, 0.05) is 29.2 Å². The lowest BCUT2D eigenvalue weighted by atomic mass is 10.2. The number of aromatic nitrogens is 1. The van der Waals surface area contributed by atoms with Crippen LogP contribution in [0.1, 0.15) is 10.4 Å². The summed E-state index contributed by atoms with van der Waals surface area (Å²) in [6.45, 7) is 2.07. The molecule has 2 amide bonds. The van der Waals surface area contributed by atoms with Crippen molar-refractivity contribution in [2.24, 2.45) is 0 Å². The molecule has 1 aromatic carbocycles. The van der Waals surface area contributed by atoms with Crippen LogP contribution in [0.2, 0.25) is 0 Å². The number of thiophene rings is 1. The Morgan fingerprint density at radius 2 is 1.96 bits per heavy atom. The Balaban J connectivity index is 1.59. The average Bonchev–Trinajstić information content (AvgIpc) is 2.89. The van der Waals surface area contributed by atoms with Crippen molar-refractivity contribution in [2.75, 3.05) is 5.32 Å². The molecule has 0 radical (unpaired) electrons. The maximum Gasteiger partial charge on any atom is 0.573 e. The monoisotopic (exact) mass is 381 g/mol. The molecule has 0 aliphatic heterocycles. The number of benzene rings is 1. The zero-order valence-corrected chi connectivity index (χ0v) is 14.4. The number of ether oxygens (including phenoxy) is 1. The fourth-order valence-electron chi connectivity index (χ4n) is 2.38. The lowest BCUT2D eigenvalue weighted by molar-refractivity contribution is -0.274. The van der Waals surface area contributed by atoms with E-state index in [2.05, 4.69) is 20.4 Å². The molecule has 0 bridgehead atoms. The number of carbonyl (C=O) groups is 1. The molecule has 0 aliphatic carbocycles. The fourth-order valence-corrected chi connectivity index (χ4v) is 3.36. The van der Waals surface area contributed by atoms with Crippen LogP contribution in [0.3, 0.4) is 0 Å². The van der Waals surface area contributed by atoms with E-state index >= 15 is 0 Å². The molecular formula is C17H14F3N3O2S. The van der Waals surface area contributed by atoms with Gasteiger partial charge in [-0.05, 0) is 30.7 Å². The number of hydrogen-bond donors (Lipinski definition) is 2. The Labute approximate surface area is 150 Å². The molecule has 0 aliphatic rings. The van der Waals surface area contributed by atoms with E-state index in [1.807, 2.05) is 13.0 Å². The molecule has 0 atom stereocenters. The third-order valence-corrected chi connectivity index (χ3v) is 4.57. The number of anilines is 1. The van der Waals surface area contributed by atoms with E-state index in [1.54, 1.807) is 12.4 Å². The SMILES string of the molecule is Cc1sc2cnccc2c1NC(=O)NCc1ccc(OC(F)(F)F)cc1. The zero-order chi connectivity index (χ0) is 18.7. The molecule has 5 nitrogen and oxygen atoms in total. The van der Waals surface area contributed by atoms with Gasteiger partial charge in [0.2, 0.25) is 0 Å². The number of halogens is 3. The van der Waals surface area contributed by atoms with E-state index < -0.39 is 12.4 Å². The van der Waals surface area contributed by atoms with Crippen molar-refractivity contribution >= 4 is 33.1 Å². The molecule has 136 valence electrons. The van der Waals surface area contributed by atoms with Gasteiger partial charge in [-0.3, -0.25) is 4.98 Å². The number of urea groups is 1. The lowest BCUT2D eigenvalue weighted by Crippen LogP contribution is -2.28. The summed E-state index contributed by atoms with van der Waals surface area (Å²) >= 11 is 1.53. The summed E-state index contributed by atoms with van der Waals surface area (Å²) in [6.07, 6.45) is -1.33. The van der Waals surface area contributed by atoms with E-state index in [4.69, 9.17) is 0 Å². The minimum Gasteiger partial charge on any atom is -0.406 e. The Morgan fingerprint density at radius 1 is 1.23 bits per heavy atom. The van der Waals surface area contributed by atoms with Crippen LogP contribution in [0, 0.1) is 6.92 Å². The van der Waals surface area contributed by atoms with Gasteiger partial charge in [-0.25, -0.2) is 4.79 Å². The quantitative estimate of drug-likeness (QED) is 0.681. The van der Waals surface area contributed by atoms with Gasteiger partial charge in [0.25, 0.3) is 0 Å². The maximum atomic E-state index is 12.1. The van der Waals surface area contributed by atoms with Crippen molar-refractivity contribution in [1.82, 2.24) is 10.3 Å². The minimum atomic E-state index is -4.73. The number of amides is 2. The van der Waals surface area contributed by atoms with Crippen LogP contribution in [-0.4, -0.2) is 17.4 Å². The van der Waals surface area contributed by atoms with Gasteiger partial charge in [-0.2, -0.15) is 0 Å². The van der Waals surface area contributed by atoms with Crippen LogP contribution in [-0.2, 0) is 6.54 Å². The summed E-state index contributed by atoms with van der Waals surface area (Å²) in [7, 11) is 0. The second kappa shape index (κ2) is 7.20. The molecule has 26 heavy (non-hydrogen) atoms. The Hall–Kier alpha value is -2.81. The fraction of sp³-hybridized carbons (Fsp3) is 0.176. The van der Waals surface area contributed by atoms with E-state index in [9.17, 15) is 18.0 Å². The van der Waals surface area contributed by atoms with E-state index in [0.717, 1.165) is 20.7 Å².